The summed E-state index contributed by atoms with van der Waals surface area (Å²) >= 11 is 0. The van der Waals surface area contributed by atoms with E-state index in [4.69, 9.17) is 14.6 Å². The molecule has 1 atom stereocenters. The molecular weight excluding hydrogens is 366 g/mol. The molecule has 1 aliphatic heterocycles. The molecule has 2 aromatic carbocycles. The van der Waals surface area contributed by atoms with Gasteiger partial charge in [-0.15, -0.1) is 0 Å². The Bertz CT molecular complexity index is 963. The zero-order valence-corrected chi connectivity index (χ0v) is 16.5. The normalized spacial score (nSPS) is 16.0. The fourth-order valence-corrected chi connectivity index (χ4v) is 3.53. The van der Waals surface area contributed by atoms with Crippen LogP contribution < -0.4 is 10.1 Å². The molecule has 6 nitrogen and oxygen atoms in total. The van der Waals surface area contributed by atoms with Gasteiger partial charge in [0.1, 0.15) is 11.4 Å². The van der Waals surface area contributed by atoms with Crippen LogP contribution in [0, 0.1) is 0 Å². The Morgan fingerprint density at radius 2 is 2.10 bits per heavy atom. The molecule has 6 heteroatoms. The zero-order valence-electron chi connectivity index (χ0n) is 16.5. The van der Waals surface area contributed by atoms with E-state index in [1.54, 1.807) is 7.11 Å². The second-order valence-corrected chi connectivity index (χ2v) is 7.15. The maximum Gasteiger partial charge on any atom is 0.255 e. The van der Waals surface area contributed by atoms with E-state index in [0.717, 1.165) is 36.3 Å². The fourth-order valence-electron chi connectivity index (χ4n) is 3.53. The van der Waals surface area contributed by atoms with Crippen molar-refractivity contribution in [2.75, 3.05) is 20.3 Å². The predicted octanol–water partition coefficient (Wildman–Crippen LogP) is 3.52. The molecule has 0 bridgehead atoms. The summed E-state index contributed by atoms with van der Waals surface area (Å²) < 4.78 is 12.8. The van der Waals surface area contributed by atoms with E-state index in [0.29, 0.717) is 24.3 Å². The molecule has 1 amide bonds. The van der Waals surface area contributed by atoms with Crippen molar-refractivity contribution in [1.82, 2.24) is 15.1 Å². The number of nitrogens with one attached hydrogen (secondary N) is 1. The van der Waals surface area contributed by atoms with Gasteiger partial charge in [-0.05, 0) is 30.5 Å². The molecule has 150 valence electrons. The second kappa shape index (κ2) is 8.92. The average molecular weight is 391 g/mol. The summed E-state index contributed by atoms with van der Waals surface area (Å²) in [5, 5.41) is 7.73. The first-order valence-corrected chi connectivity index (χ1v) is 9.88. The fraction of sp³-hybridized carbons (Fsp3) is 0.304. The lowest BCUT2D eigenvalue weighted by Crippen LogP contribution is -2.31. The molecule has 2 heterocycles. The number of hydrogen-bond acceptors (Lipinski definition) is 4. The molecule has 0 aliphatic carbocycles. The highest BCUT2D eigenvalue weighted by Gasteiger charge is 2.21. The van der Waals surface area contributed by atoms with Crippen molar-refractivity contribution in [3.05, 3.63) is 71.9 Å². The highest BCUT2D eigenvalue weighted by atomic mass is 16.5. The third-order valence-electron chi connectivity index (χ3n) is 5.05. The van der Waals surface area contributed by atoms with Gasteiger partial charge in [-0.25, -0.2) is 0 Å². The van der Waals surface area contributed by atoms with E-state index >= 15 is 0 Å². The Balaban J connectivity index is 1.62. The van der Waals surface area contributed by atoms with Gasteiger partial charge in [0.15, 0.2) is 0 Å². The molecule has 1 saturated heterocycles. The molecular formula is C23H25N3O3. The maximum atomic E-state index is 13.0. The van der Waals surface area contributed by atoms with Crippen LogP contribution in [0.15, 0.2) is 60.8 Å². The summed E-state index contributed by atoms with van der Waals surface area (Å²) in [6.45, 7) is 1.88. The molecule has 0 spiro atoms. The molecule has 0 unspecified atom stereocenters. The number of ether oxygens (including phenoxy) is 2. The lowest BCUT2D eigenvalue weighted by molar-refractivity contribution is 0.0858. The summed E-state index contributed by atoms with van der Waals surface area (Å²) in [5.41, 5.74) is 3.16. The van der Waals surface area contributed by atoms with Crippen LogP contribution in [-0.4, -0.2) is 42.1 Å². The molecule has 29 heavy (non-hydrogen) atoms. The standard InChI is InChI=1S/C23H25N3O3/c1-28-19-10-5-9-18(13-19)22-21(23(27)24-14-20-11-6-12-29-20)16-26(25-22)15-17-7-3-2-4-8-17/h2-5,7-10,13,16,20H,6,11-12,14-15H2,1H3,(H,24,27)/t20-/m0/s1. The summed E-state index contributed by atoms with van der Waals surface area (Å²) in [6, 6.07) is 17.7. The summed E-state index contributed by atoms with van der Waals surface area (Å²) in [4.78, 5) is 13.0. The Kier molecular flexibility index (Phi) is 5.91. The van der Waals surface area contributed by atoms with Gasteiger partial charge in [0.05, 0.1) is 25.3 Å². The highest BCUT2D eigenvalue weighted by molar-refractivity contribution is 5.99. The number of amides is 1. The van der Waals surface area contributed by atoms with Crippen LogP contribution in [0.4, 0.5) is 0 Å². The van der Waals surface area contributed by atoms with Gasteiger partial charge in [0.25, 0.3) is 5.91 Å². The van der Waals surface area contributed by atoms with Crippen molar-refractivity contribution in [3.8, 4) is 17.0 Å². The van der Waals surface area contributed by atoms with Crippen LogP contribution in [0.25, 0.3) is 11.3 Å². The van der Waals surface area contributed by atoms with Gasteiger partial charge in [-0.3, -0.25) is 9.48 Å². The first-order chi connectivity index (χ1) is 14.2. The van der Waals surface area contributed by atoms with Crippen LogP contribution in [0.2, 0.25) is 0 Å². The zero-order chi connectivity index (χ0) is 20.1. The summed E-state index contributed by atoms with van der Waals surface area (Å²) in [7, 11) is 1.63. The molecule has 3 aromatic rings. The van der Waals surface area contributed by atoms with E-state index in [1.807, 2.05) is 65.5 Å². The van der Waals surface area contributed by atoms with Gasteiger partial charge >= 0.3 is 0 Å². The number of hydrogen-bond donors (Lipinski definition) is 1. The quantitative estimate of drug-likeness (QED) is 0.669. The highest BCUT2D eigenvalue weighted by Crippen LogP contribution is 2.26. The van der Waals surface area contributed by atoms with Gasteiger partial charge in [0, 0.05) is 24.9 Å². The van der Waals surface area contributed by atoms with Crippen molar-refractivity contribution in [2.45, 2.75) is 25.5 Å². The first-order valence-electron chi connectivity index (χ1n) is 9.88. The van der Waals surface area contributed by atoms with Crippen molar-refractivity contribution in [1.29, 1.82) is 0 Å². The number of methoxy groups -OCH3 is 1. The van der Waals surface area contributed by atoms with E-state index in [9.17, 15) is 4.79 Å². The number of nitrogens with zero attached hydrogens (tertiary/aromatic N) is 2. The second-order valence-electron chi connectivity index (χ2n) is 7.15. The van der Waals surface area contributed by atoms with Crippen molar-refractivity contribution in [2.24, 2.45) is 0 Å². The Hall–Kier alpha value is -3.12. The van der Waals surface area contributed by atoms with Crippen molar-refractivity contribution < 1.29 is 14.3 Å². The number of rotatable bonds is 7. The van der Waals surface area contributed by atoms with Crippen molar-refractivity contribution in [3.63, 3.8) is 0 Å². The topological polar surface area (TPSA) is 65.4 Å². The van der Waals surface area contributed by atoms with Gasteiger partial charge in [0.2, 0.25) is 0 Å². The molecule has 1 fully saturated rings. The van der Waals surface area contributed by atoms with Crippen LogP contribution in [-0.2, 0) is 11.3 Å². The van der Waals surface area contributed by atoms with Gasteiger partial charge in [-0.2, -0.15) is 5.10 Å². The molecule has 4 rings (SSSR count). The molecule has 1 aromatic heterocycles. The monoisotopic (exact) mass is 391 g/mol. The van der Waals surface area contributed by atoms with E-state index < -0.39 is 0 Å². The number of aromatic nitrogens is 2. The molecule has 1 N–H and O–H groups in total. The Morgan fingerprint density at radius 1 is 1.24 bits per heavy atom. The number of benzene rings is 2. The maximum absolute atomic E-state index is 13.0. The van der Waals surface area contributed by atoms with Crippen molar-refractivity contribution >= 4 is 5.91 Å². The van der Waals surface area contributed by atoms with Crippen LogP contribution >= 0.6 is 0 Å². The smallest absolute Gasteiger partial charge is 0.255 e. The molecule has 1 aliphatic rings. The summed E-state index contributed by atoms with van der Waals surface area (Å²) in [5.74, 6) is 0.587. The van der Waals surface area contributed by atoms with Crippen LogP contribution in [0.5, 0.6) is 5.75 Å². The minimum absolute atomic E-state index is 0.0959. The number of carbonyl (C=O) groups excluding carboxylic acids is 1. The third kappa shape index (κ3) is 4.66. The van der Waals surface area contributed by atoms with E-state index in [-0.39, 0.29) is 12.0 Å². The average Bonchev–Trinajstić information content (AvgIpc) is 3.43. The SMILES string of the molecule is COc1cccc(-c2nn(Cc3ccccc3)cc2C(=O)NC[C@@H]2CCCO2)c1. The predicted molar refractivity (Wildman–Crippen MR) is 111 cm³/mol. The minimum Gasteiger partial charge on any atom is -0.497 e. The third-order valence-corrected chi connectivity index (χ3v) is 5.05. The lowest BCUT2D eigenvalue weighted by Gasteiger charge is -2.10. The van der Waals surface area contributed by atoms with Crippen LogP contribution in [0.1, 0.15) is 28.8 Å². The van der Waals surface area contributed by atoms with E-state index in [1.165, 1.54) is 0 Å². The Morgan fingerprint density at radius 3 is 2.86 bits per heavy atom. The number of carbonyl (C=O) groups is 1. The van der Waals surface area contributed by atoms with Crippen LogP contribution in [0.3, 0.4) is 0 Å². The van der Waals surface area contributed by atoms with Gasteiger partial charge in [-0.1, -0.05) is 42.5 Å². The minimum atomic E-state index is -0.141. The lowest BCUT2D eigenvalue weighted by atomic mass is 10.1. The van der Waals surface area contributed by atoms with Gasteiger partial charge < -0.3 is 14.8 Å². The molecule has 0 radical (unpaired) electrons. The first kappa shape index (κ1) is 19.2. The Labute approximate surface area is 170 Å². The largest absolute Gasteiger partial charge is 0.497 e. The summed E-state index contributed by atoms with van der Waals surface area (Å²) in [6.07, 6.45) is 3.94. The molecule has 0 saturated carbocycles. The van der Waals surface area contributed by atoms with E-state index in [2.05, 4.69) is 5.32 Å².